The molecule has 1 heterocycles. The summed E-state index contributed by atoms with van der Waals surface area (Å²) in [4.78, 5) is 10.5. The minimum atomic E-state index is -1.35. The summed E-state index contributed by atoms with van der Waals surface area (Å²) < 4.78 is 9.02. The van der Waals surface area contributed by atoms with E-state index in [1.54, 1.807) is 12.1 Å². The normalized spacial score (nSPS) is 25.9. The fourth-order valence-corrected chi connectivity index (χ4v) is 0.840. The number of hydrogen-bond acceptors (Lipinski definition) is 5. The molecule has 5 nitrogen and oxygen atoms in total. The van der Waals surface area contributed by atoms with Crippen molar-refractivity contribution in [3.05, 3.63) is 0 Å². The molecule has 62 valence electrons. The van der Waals surface area contributed by atoms with Gasteiger partial charge in [-0.05, 0) is 6.92 Å². The van der Waals surface area contributed by atoms with Crippen LogP contribution in [0.25, 0.3) is 0 Å². The number of cyclic esters (lactones) is 2. The van der Waals surface area contributed by atoms with E-state index in [-0.39, 0.29) is 6.61 Å². The fraction of sp³-hybridized carbons (Fsp3) is 0.571. The van der Waals surface area contributed by atoms with Crippen molar-refractivity contribution in [1.82, 2.24) is 0 Å². The van der Waals surface area contributed by atoms with Crippen molar-refractivity contribution in [1.29, 1.82) is 10.5 Å². The van der Waals surface area contributed by atoms with Crippen molar-refractivity contribution >= 4 is 6.16 Å². The average molecular weight is 166 g/mol. The van der Waals surface area contributed by atoms with Gasteiger partial charge in [0.2, 0.25) is 5.41 Å². The first-order valence-electron chi connectivity index (χ1n) is 3.30. The van der Waals surface area contributed by atoms with Crippen LogP contribution in [0.15, 0.2) is 0 Å². The quantitative estimate of drug-likeness (QED) is 0.491. The Kier molecular flexibility index (Phi) is 1.88. The van der Waals surface area contributed by atoms with Crippen LogP contribution < -0.4 is 0 Å². The highest BCUT2D eigenvalue weighted by Crippen LogP contribution is 2.27. The van der Waals surface area contributed by atoms with E-state index in [1.807, 2.05) is 0 Å². The third-order valence-corrected chi connectivity index (χ3v) is 1.78. The maximum absolute atomic E-state index is 10.5. The van der Waals surface area contributed by atoms with Gasteiger partial charge in [0, 0.05) is 0 Å². The lowest BCUT2D eigenvalue weighted by atomic mass is 9.86. The monoisotopic (exact) mass is 166 g/mol. The minimum Gasteiger partial charge on any atom is -0.431 e. The van der Waals surface area contributed by atoms with E-state index < -0.39 is 17.7 Å². The van der Waals surface area contributed by atoms with Gasteiger partial charge in [-0.2, -0.15) is 10.5 Å². The van der Waals surface area contributed by atoms with Gasteiger partial charge in [0.15, 0.2) is 0 Å². The van der Waals surface area contributed by atoms with Gasteiger partial charge in [0.05, 0.1) is 12.1 Å². The molecule has 1 unspecified atom stereocenters. The van der Waals surface area contributed by atoms with Crippen LogP contribution in [0.3, 0.4) is 0 Å². The van der Waals surface area contributed by atoms with E-state index in [0.29, 0.717) is 0 Å². The molecule has 0 aliphatic carbocycles. The number of carbonyl (C=O) groups is 1. The molecule has 1 saturated heterocycles. The number of nitriles is 2. The maximum atomic E-state index is 10.5. The minimum absolute atomic E-state index is 0.222. The fourth-order valence-electron chi connectivity index (χ4n) is 0.840. The summed E-state index contributed by atoms with van der Waals surface area (Å²) in [6, 6.07) is 3.55. The standard InChI is InChI=1S/C7H6N2O3/c1-5-7(2-8,3-9)4-11-6(10)12-5/h5H,4H2,1H3. The Balaban J connectivity index is 2.88. The van der Waals surface area contributed by atoms with E-state index in [1.165, 1.54) is 6.92 Å². The van der Waals surface area contributed by atoms with Gasteiger partial charge in [-0.15, -0.1) is 0 Å². The summed E-state index contributed by atoms with van der Waals surface area (Å²) in [6.07, 6.45) is -1.57. The van der Waals surface area contributed by atoms with Crippen molar-refractivity contribution < 1.29 is 14.3 Å². The van der Waals surface area contributed by atoms with E-state index >= 15 is 0 Å². The molecule has 1 fully saturated rings. The first-order valence-corrected chi connectivity index (χ1v) is 3.30. The Bertz CT molecular complexity index is 272. The van der Waals surface area contributed by atoms with Crippen LogP contribution in [0.1, 0.15) is 6.92 Å². The molecular weight excluding hydrogens is 160 g/mol. The second-order valence-corrected chi connectivity index (χ2v) is 2.49. The molecule has 0 bridgehead atoms. The summed E-state index contributed by atoms with van der Waals surface area (Å²) in [5, 5.41) is 17.3. The van der Waals surface area contributed by atoms with Crippen molar-refractivity contribution in [2.24, 2.45) is 5.41 Å². The Morgan fingerprint density at radius 2 is 2.17 bits per heavy atom. The van der Waals surface area contributed by atoms with Crippen molar-refractivity contribution in [3.63, 3.8) is 0 Å². The van der Waals surface area contributed by atoms with Crippen LogP contribution in [0.5, 0.6) is 0 Å². The average Bonchev–Trinajstić information content (AvgIpc) is 2.06. The highest BCUT2D eigenvalue weighted by atomic mass is 16.7. The first-order chi connectivity index (χ1) is 5.64. The molecule has 0 amide bonds. The van der Waals surface area contributed by atoms with E-state index in [2.05, 4.69) is 9.47 Å². The first kappa shape index (κ1) is 8.35. The molecule has 0 saturated carbocycles. The number of rotatable bonds is 0. The predicted molar refractivity (Wildman–Crippen MR) is 35.6 cm³/mol. The van der Waals surface area contributed by atoms with Gasteiger partial charge in [-0.1, -0.05) is 0 Å². The van der Waals surface area contributed by atoms with Gasteiger partial charge in [0.1, 0.15) is 12.7 Å². The van der Waals surface area contributed by atoms with Gasteiger partial charge in [-0.3, -0.25) is 0 Å². The zero-order chi connectivity index (χ0) is 9.19. The molecule has 1 aliphatic heterocycles. The topological polar surface area (TPSA) is 83.1 Å². The van der Waals surface area contributed by atoms with E-state index in [9.17, 15) is 4.79 Å². The Hall–Kier alpha value is -1.75. The number of ether oxygens (including phenoxy) is 2. The van der Waals surface area contributed by atoms with Gasteiger partial charge < -0.3 is 9.47 Å². The van der Waals surface area contributed by atoms with Crippen LogP contribution in [0.2, 0.25) is 0 Å². The Morgan fingerprint density at radius 3 is 2.58 bits per heavy atom. The summed E-state index contributed by atoms with van der Waals surface area (Å²) in [5.41, 5.74) is -1.35. The molecule has 12 heavy (non-hydrogen) atoms. The zero-order valence-electron chi connectivity index (χ0n) is 6.40. The SMILES string of the molecule is CC1OC(=O)OCC1(C#N)C#N. The summed E-state index contributed by atoms with van der Waals surface area (Å²) in [5.74, 6) is 0. The number of hydrogen-bond donors (Lipinski definition) is 0. The lowest BCUT2D eigenvalue weighted by Crippen LogP contribution is -2.43. The highest BCUT2D eigenvalue weighted by molar-refractivity contribution is 5.61. The van der Waals surface area contributed by atoms with Crippen LogP contribution in [0, 0.1) is 28.1 Å². The molecule has 0 N–H and O–H groups in total. The lowest BCUT2D eigenvalue weighted by Gasteiger charge is -2.29. The van der Waals surface area contributed by atoms with Gasteiger partial charge in [0.25, 0.3) is 0 Å². The van der Waals surface area contributed by atoms with Crippen LogP contribution >= 0.6 is 0 Å². The second kappa shape index (κ2) is 2.71. The molecule has 1 atom stereocenters. The molecule has 0 aromatic heterocycles. The number of nitrogens with zero attached hydrogens (tertiary/aromatic N) is 2. The molecule has 1 aliphatic rings. The van der Waals surface area contributed by atoms with E-state index in [0.717, 1.165) is 0 Å². The van der Waals surface area contributed by atoms with Crippen molar-refractivity contribution in [2.45, 2.75) is 13.0 Å². The molecule has 0 spiro atoms. The number of carbonyl (C=O) groups excluding carboxylic acids is 1. The molecule has 5 heteroatoms. The molecule has 0 radical (unpaired) electrons. The van der Waals surface area contributed by atoms with Crippen LogP contribution in [0.4, 0.5) is 4.79 Å². The van der Waals surface area contributed by atoms with Crippen LogP contribution in [-0.4, -0.2) is 18.9 Å². The Labute approximate surface area is 69.1 Å². The molecule has 0 aromatic rings. The molecular formula is C7H6N2O3. The maximum Gasteiger partial charge on any atom is 0.508 e. The molecule has 0 aromatic carbocycles. The smallest absolute Gasteiger partial charge is 0.431 e. The highest BCUT2D eigenvalue weighted by Gasteiger charge is 2.45. The zero-order valence-corrected chi connectivity index (χ0v) is 6.40. The van der Waals surface area contributed by atoms with E-state index in [4.69, 9.17) is 10.5 Å². The van der Waals surface area contributed by atoms with Crippen LogP contribution in [-0.2, 0) is 9.47 Å². The second-order valence-electron chi connectivity index (χ2n) is 2.49. The largest absolute Gasteiger partial charge is 0.508 e. The predicted octanol–water partition coefficient (Wildman–Crippen LogP) is 0.575. The summed E-state index contributed by atoms with van der Waals surface area (Å²) >= 11 is 0. The summed E-state index contributed by atoms with van der Waals surface area (Å²) in [7, 11) is 0. The molecule has 1 rings (SSSR count). The van der Waals surface area contributed by atoms with Crippen molar-refractivity contribution in [3.8, 4) is 12.1 Å². The van der Waals surface area contributed by atoms with Crippen molar-refractivity contribution in [2.75, 3.05) is 6.61 Å². The third kappa shape index (κ3) is 1.06. The van der Waals surface area contributed by atoms with Gasteiger partial charge in [-0.25, -0.2) is 4.79 Å². The Morgan fingerprint density at radius 1 is 1.58 bits per heavy atom. The lowest BCUT2D eigenvalue weighted by molar-refractivity contribution is -0.0589. The third-order valence-electron chi connectivity index (χ3n) is 1.78. The van der Waals surface area contributed by atoms with Gasteiger partial charge >= 0.3 is 6.16 Å². The summed E-state index contributed by atoms with van der Waals surface area (Å²) in [6.45, 7) is 1.27.